The molecule has 1 amide bonds. The Kier molecular flexibility index (Phi) is 7.78. The first-order valence-electron chi connectivity index (χ1n) is 10.6. The predicted octanol–water partition coefficient (Wildman–Crippen LogP) is 2.15. The van der Waals surface area contributed by atoms with E-state index in [0.717, 1.165) is 43.8 Å². The molecule has 0 bridgehead atoms. The van der Waals surface area contributed by atoms with Crippen LogP contribution >= 0.6 is 0 Å². The zero-order valence-electron chi connectivity index (χ0n) is 18.5. The van der Waals surface area contributed by atoms with E-state index in [0.29, 0.717) is 24.0 Å². The maximum absolute atomic E-state index is 12.2. The van der Waals surface area contributed by atoms with Crippen molar-refractivity contribution in [1.82, 2.24) is 19.6 Å². The number of fused-ring (bicyclic) bond motifs is 1. The number of carboxylic acids is 2. The molecule has 1 aliphatic rings. The highest BCUT2D eigenvalue weighted by atomic mass is 16.5. The Morgan fingerprint density at radius 1 is 1.12 bits per heavy atom. The molecule has 3 heterocycles. The van der Waals surface area contributed by atoms with Crippen LogP contribution in [-0.4, -0.2) is 67.3 Å². The summed E-state index contributed by atoms with van der Waals surface area (Å²) in [6, 6.07) is 10.0. The molecule has 4 rings (SSSR count). The van der Waals surface area contributed by atoms with Gasteiger partial charge in [-0.05, 0) is 57.8 Å². The zero-order valence-corrected chi connectivity index (χ0v) is 18.5. The predicted molar refractivity (Wildman–Crippen MR) is 119 cm³/mol. The van der Waals surface area contributed by atoms with Gasteiger partial charge in [-0.2, -0.15) is 0 Å². The number of piperidine rings is 1. The molecule has 1 aliphatic heterocycles. The number of aliphatic carboxylic acids is 2. The zero-order chi connectivity index (χ0) is 24.0. The van der Waals surface area contributed by atoms with Crippen molar-refractivity contribution in [1.29, 1.82) is 0 Å². The second-order valence-electron chi connectivity index (χ2n) is 7.96. The summed E-state index contributed by atoms with van der Waals surface area (Å²) in [5.74, 6) is -0.841. The third-order valence-electron chi connectivity index (χ3n) is 5.44. The van der Waals surface area contributed by atoms with Gasteiger partial charge in [0, 0.05) is 12.6 Å². The summed E-state index contributed by atoms with van der Waals surface area (Å²) in [5.41, 5.74) is 2.27. The molecule has 1 fully saturated rings. The van der Waals surface area contributed by atoms with Crippen molar-refractivity contribution in [2.24, 2.45) is 5.92 Å². The first kappa shape index (κ1) is 23.9. The van der Waals surface area contributed by atoms with Gasteiger partial charge in [-0.1, -0.05) is 17.3 Å². The maximum atomic E-state index is 12.2. The third kappa shape index (κ3) is 6.62. The highest BCUT2D eigenvalue weighted by molar-refractivity contribution is 6.27. The summed E-state index contributed by atoms with van der Waals surface area (Å²) in [6.07, 6.45) is 2.17. The first-order chi connectivity index (χ1) is 15.7. The number of imidazole rings is 1. The normalized spacial score (nSPS) is 14.5. The molecule has 0 atom stereocenters. The molecule has 0 unspecified atom stereocenters. The van der Waals surface area contributed by atoms with Gasteiger partial charge < -0.3 is 24.6 Å². The number of amides is 1. The molecule has 176 valence electrons. The number of aryl methyl sites for hydroxylation is 2. The van der Waals surface area contributed by atoms with Gasteiger partial charge in [0.1, 0.15) is 11.6 Å². The van der Waals surface area contributed by atoms with Gasteiger partial charge in [0.15, 0.2) is 5.82 Å². The highest BCUT2D eigenvalue weighted by Crippen LogP contribution is 2.23. The van der Waals surface area contributed by atoms with Gasteiger partial charge >= 0.3 is 11.9 Å². The SMILES string of the molecule is Cc1cc(NC(=O)CN2CCC(Cn3c(C)nc4ccccc43)CC2)no1.O=C(O)C(=O)O. The number of para-hydroxylation sites is 2. The summed E-state index contributed by atoms with van der Waals surface area (Å²) in [7, 11) is 0. The lowest BCUT2D eigenvalue weighted by Gasteiger charge is -2.31. The van der Waals surface area contributed by atoms with Crippen molar-refractivity contribution >= 4 is 34.7 Å². The van der Waals surface area contributed by atoms with Crippen LogP contribution in [0.3, 0.4) is 0 Å². The standard InChI is InChI=1S/C20H25N5O2.C2H2O4/c1-14-11-19(23-27-14)22-20(26)13-24-9-7-16(8-10-24)12-25-15(2)21-17-5-3-4-6-18(17)25;3-1(4)2(5)6/h3-6,11,16H,7-10,12-13H2,1-2H3,(H,22,23,26);(H,3,4)(H,5,6). The molecule has 33 heavy (non-hydrogen) atoms. The van der Waals surface area contributed by atoms with Crippen LogP contribution in [0.5, 0.6) is 0 Å². The molecule has 0 spiro atoms. The Balaban J connectivity index is 0.000000454. The molecule has 3 N–H and O–H groups in total. The average molecular weight is 457 g/mol. The van der Waals surface area contributed by atoms with Crippen molar-refractivity contribution in [2.75, 3.05) is 25.0 Å². The van der Waals surface area contributed by atoms with E-state index >= 15 is 0 Å². The number of hydrogen-bond acceptors (Lipinski definition) is 7. The summed E-state index contributed by atoms with van der Waals surface area (Å²) in [6.45, 7) is 7.13. The minimum Gasteiger partial charge on any atom is -0.473 e. The molecule has 3 aromatic rings. The van der Waals surface area contributed by atoms with Crippen LogP contribution in [0.4, 0.5) is 5.82 Å². The van der Waals surface area contributed by atoms with Gasteiger partial charge in [0.25, 0.3) is 0 Å². The van der Waals surface area contributed by atoms with E-state index in [1.54, 1.807) is 13.0 Å². The van der Waals surface area contributed by atoms with Gasteiger partial charge in [-0.15, -0.1) is 0 Å². The number of nitrogens with zero attached hydrogens (tertiary/aromatic N) is 4. The highest BCUT2D eigenvalue weighted by Gasteiger charge is 2.22. The minimum absolute atomic E-state index is 0.0433. The number of carbonyl (C=O) groups is 3. The lowest BCUT2D eigenvalue weighted by molar-refractivity contribution is -0.159. The van der Waals surface area contributed by atoms with Crippen LogP contribution < -0.4 is 5.32 Å². The molecular weight excluding hydrogens is 430 g/mol. The van der Waals surface area contributed by atoms with E-state index in [1.165, 1.54) is 5.52 Å². The number of carbonyl (C=O) groups excluding carboxylic acids is 1. The molecule has 0 aliphatic carbocycles. The lowest BCUT2D eigenvalue weighted by Crippen LogP contribution is -2.40. The molecule has 1 aromatic carbocycles. The fourth-order valence-corrected chi connectivity index (χ4v) is 3.82. The topological polar surface area (TPSA) is 151 Å². The third-order valence-corrected chi connectivity index (χ3v) is 5.44. The van der Waals surface area contributed by atoms with Gasteiger partial charge in [0.05, 0.1) is 17.6 Å². The largest absolute Gasteiger partial charge is 0.473 e. The fraction of sp³-hybridized carbons (Fsp3) is 0.409. The van der Waals surface area contributed by atoms with E-state index < -0.39 is 11.9 Å². The van der Waals surface area contributed by atoms with Crippen LogP contribution in [-0.2, 0) is 20.9 Å². The molecule has 1 saturated heterocycles. The summed E-state index contributed by atoms with van der Waals surface area (Å²) in [4.78, 5) is 37.2. The smallest absolute Gasteiger partial charge is 0.414 e. The van der Waals surface area contributed by atoms with E-state index in [9.17, 15) is 4.79 Å². The van der Waals surface area contributed by atoms with Crippen molar-refractivity contribution in [2.45, 2.75) is 33.2 Å². The number of benzene rings is 1. The second-order valence-corrected chi connectivity index (χ2v) is 7.96. The van der Waals surface area contributed by atoms with Crippen molar-refractivity contribution in [3.63, 3.8) is 0 Å². The Morgan fingerprint density at radius 3 is 2.39 bits per heavy atom. The Bertz CT molecular complexity index is 1120. The van der Waals surface area contributed by atoms with Crippen LogP contribution in [0.1, 0.15) is 24.4 Å². The van der Waals surface area contributed by atoms with Crippen molar-refractivity contribution in [3.8, 4) is 0 Å². The number of likely N-dealkylation sites (tertiary alicyclic amines) is 1. The Morgan fingerprint density at radius 2 is 1.79 bits per heavy atom. The summed E-state index contributed by atoms with van der Waals surface area (Å²) < 4.78 is 7.30. The van der Waals surface area contributed by atoms with Gasteiger partial charge in [-0.3, -0.25) is 9.69 Å². The summed E-state index contributed by atoms with van der Waals surface area (Å²) >= 11 is 0. The number of anilines is 1. The summed E-state index contributed by atoms with van der Waals surface area (Å²) in [5, 5.41) is 21.4. The number of nitrogens with one attached hydrogen (secondary N) is 1. The van der Waals surface area contributed by atoms with Crippen molar-refractivity contribution in [3.05, 3.63) is 41.9 Å². The number of carboxylic acid groups (broad SMARTS) is 2. The molecule has 11 nitrogen and oxygen atoms in total. The van der Waals surface area contributed by atoms with E-state index in [-0.39, 0.29) is 5.91 Å². The Labute approximate surface area is 190 Å². The van der Waals surface area contributed by atoms with E-state index in [2.05, 4.69) is 50.0 Å². The van der Waals surface area contributed by atoms with E-state index in [1.807, 2.05) is 6.07 Å². The molecule has 0 radical (unpaired) electrons. The maximum Gasteiger partial charge on any atom is 0.414 e. The lowest BCUT2D eigenvalue weighted by atomic mass is 9.96. The number of hydrogen-bond donors (Lipinski definition) is 3. The van der Waals surface area contributed by atoms with Crippen LogP contribution in [0.2, 0.25) is 0 Å². The van der Waals surface area contributed by atoms with Crippen LogP contribution in [0, 0.1) is 19.8 Å². The van der Waals surface area contributed by atoms with Crippen LogP contribution in [0.15, 0.2) is 34.9 Å². The van der Waals surface area contributed by atoms with E-state index in [4.69, 9.17) is 24.3 Å². The first-order valence-corrected chi connectivity index (χ1v) is 10.6. The second kappa shape index (κ2) is 10.7. The quantitative estimate of drug-likeness (QED) is 0.489. The molecular formula is C22H27N5O6. The Hall–Kier alpha value is -3.73. The molecule has 0 saturated carbocycles. The van der Waals surface area contributed by atoms with Crippen molar-refractivity contribution < 1.29 is 29.1 Å². The minimum atomic E-state index is -1.82. The monoisotopic (exact) mass is 457 g/mol. The van der Waals surface area contributed by atoms with Gasteiger partial charge in [-0.25, -0.2) is 14.6 Å². The fourth-order valence-electron chi connectivity index (χ4n) is 3.82. The average Bonchev–Trinajstić information content (AvgIpc) is 3.32. The van der Waals surface area contributed by atoms with Gasteiger partial charge in [0.2, 0.25) is 5.91 Å². The number of aromatic nitrogens is 3. The number of rotatable bonds is 5. The molecule has 2 aromatic heterocycles. The molecule has 11 heteroatoms. The van der Waals surface area contributed by atoms with Crippen LogP contribution in [0.25, 0.3) is 11.0 Å².